The highest BCUT2D eigenvalue weighted by Crippen LogP contribution is 2.11. The van der Waals surface area contributed by atoms with E-state index in [1.165, 1.54) is 0 Å². The molecule has 1 rings (SSSR count). The van der Waals surface area contributed by atoms with Crippen LogP contribution < -0.4 is 5.32 Å². The number of furan rings is 1. The SMILES string of the molecule is CNCc1occc1COCCOCCOCCOC. The van der Waals surface area contributed by atoms with Crippen LogP contribution in [0.5, 0.6) is 0 Å². The minimum atomic E-state index is 0.543. The summed E-state index contributed by atoms with van der Waals surface area (Å²) >= 11 is 0. The molecule has 1 heterocycles. The Hall–Kier alpha value is -0.920. The van der Waals surface area contributed by atoms with Crippen LogP contribution in [0.4, 0.5) is 0 Å². The largest absolute Gasteiger partial charge is 0.468 e. The standard InChI is InChI=1S/C14H25NO5/c1-15-11-14-13(3-4-20-14)12-19-10-9-18-8-7-17-6-5-16-2/h3-4,15H,5-12H2,1-2H3. The molecule has 0 saturated heterocycles. The van der Waals surface area contributed by atoms with E-state index in [4.69, 9.17) is 23.4 Å². The van der Waals surface area contributed by atoms with Gasteiger partial charge in [0.05, 0.1) is 59.1 Å². The molecule has 0 aliphatic carbocycles. The average molecular weight is 287 g/mol. The normalized spacial score (nSPS) is 11.1. The zero-order valence-corrected chi connectivity index (χ0v) is 12.4. The zero-order valence-electron chi connectivity index (χ0n) is 12.4. The molecule has 0 radical (unpaired) electrons. The van der Waals surface area contributed by atoms with Crippen molar-refractivity contribution in [2.24, 2.45) is 0 Å². The summed E-state index contributed by atoms with van der Waals surface area (Å²) in [7, 11) is 3.54. The van der Waals surface area contributed by atoms with E-state index in [9.17, 15) is 0 Å². The van der Waals surface area contributed by atoms with Crippen molar-refractivity contribution in [3.63, 3.8) is 0 Å². The lowest BCUT2D eigenvalue weighted by Crippen LogP contribution is -2.11. The van der Waals surface area contributed by atoms with Gasteiger partial charge in [-0.3, -0.25) is 0 Å². The summed E-state index contributed by atoms with van der Waals surface area (Å²) in [4.78, 5) is 0. The Morgan fingerprint density at radius 2 is 1.65 bits per heavy atom. The maximum Gasteiger partial charge on any atom is 0.123 e. The van der Waals surface area contributed by atoms with Gasteiger partial charge in [0, 0.05) is 12.7 Å². The molecule has 20 heavy (non-hydrogen) atoms. The summed E-state index contributed by atoms with van der Waals surface area (Å²) in [6, 6.07) is 1.93. The highest BCUT2D eigenvalue weighted by molar-refractivity contribution is 5.15. The lowest BCUT2D eigenvalue weighted by atomic mass is 10.2. The van der Waals surface area contributed by atoms with Crippen LogP contribution in [0, 0.1) is 0 Å². The van der Waals surface area contributed by atoms with Crippen LogP contribution in [0.3, 0.4) is 0 Å². The highest BCUT2D eigenvalue weighted by atomic mass is 16.6. The third-order valence-electron chi connectivity index (χ3n) is 2.61. The summed E-state index contributed by atoms with van der Waals surface area (Å²) < 4.78 is 26.4. The van der Waals surface area contributed by atoms with Crippen molar-refractivity contribution in [2.75, 3.05) is 53.8 Å². The first-order valence-electron chi connectivity index (χ1n) is 6.80. The lowest BCUT2D eigenvalue weighted by molar-refractivity contribution is 0.000704. The van der Waals surface area contributed by atoms with Crippen LogP contribution in [0.1, 0.15) is 11.3 Å². The van der Waals surface area contributed by atoms with Crippen LogP contribution in [-0.4, -0.2) is 53.8 Å². The van der Waals surface area contributed by atoms with Crippen LogP contribution >= 0.6 is 0 Å². The molecule has 0 aromatic carbocycles. The third kappa shape index (κ3) is 7.62. The van der Waals surface area contributed by atoms with Crippen molar-refractivity contribution < 1.29 is 23.4 Å². The molecule has 0 spiro atoms. The monoisotopic (exact) mass is 287 g/mol. The maximum atomic E-state index is 5.54. The summed E-state index contributed by atoms with van der Waals surface area (Å²) in [5.74, 6) is 0.917. The quantitative estimate of drug-likeness (QED) is 0.550. The smallest absolute Gasteiger partial charge is 0.123 e. The van der Waals surface area contributed by atoms with Crippen molar-refractivity contribution in [1.82, 2.24) is 5.32 Å². The minimum Gasteiger partial charge on any atom is -0.468 e. The minimum absolute atomic E-state index is 0.543. The van der Waals surface area contributed by atoms with E-state index in [1.54, 1.807) is 13.4 Å². The second-order valence-corrected chi connectivity index (χ2v) is 4.17. The fourth-order valence-corrected chi connectivity index (χ4v) is 1.58. The first-order valence-corrected chi connectivity index (χ1v) is 6.80. The van der Waals surface area contributed by atoms with E-state index < -0.39 is 0 Å². The van der Waals surface area contributed by atoms with Gasteiger partial charge in [-0.05, 0) is 13.1 Å². The molecule has 0 amide bonds. The Morgan fingerprint density at radius 3 is 2.30 bits per heavy atom. The maximum absolute atomic E-state index is 5.54. The molecule has 1 N–H and O–H groups in total. The molecule has 0 saturated carbocycles. The van der Waals surface area contributed by atoms with E-state index >= 15 is 0 Å². The number of nitrogens with one attached hydrogen (secondary N) is 1. The van der Waals surface area contributed by atoms with Crippen molar-refractivity contribution in [3.05, 3.63) is 23.7 Å². The number of methoxy groups -OCH3 is 1. The summed E-state index contributed by atoms with van der Waals surface area (Å²) in [5.41, 5.74) is 1.07. The van der Waals surface area contributed by atoms with Gasteiger partial charge in [0.25, 0.3) is 0 Å². The van der Waals surface area contributed by atoms with Crippen molar-refractivity contribution in [2.45, 2.75) is 13.2 Å². The number of rotatable bonds is 13. The summed E-state index contributed by atoms with van der Waals surface area (Å²) in [6.07, 6.45) is 1.68. The van der Waals surface area contributed by atoms with Crippen LogP contribution in [0.2, 0.25) is 0 Å². The van der Waals surface area contributed by atoms with Gasteiger partial charge in [0.1, 0.15) is 5.76 Å². The van der Waals surface area contributed by atoms with E-state index in [0.29, 0.717) is 52.8 Å². The van der Waals surface area contributed by atoms with Crippen molar-refractivity contribution in [3.8, 4) is 0 Å². The fourth-order valence-electron chi connectivity index (χ4n) is 1.58. The molecule has 1 aromatic rings. The molecule has 6 nitrogen and oxygen atoms in total. The molecule has 0 bridgehead atoms. The molecule has 0 aliphatic heterocycles. The first kappa shape index (κ1) is 17.1. The number of ether oxygens (including phenoxy) is 4. The van der Waals surface area contributed by atoms with Gasteiger partial charge in [0.15, 0.2) is 0 Å². The Kier molecular flexibility index (Phi) is 10.2. The van der Waals surface area contributed by atoms with Gasteiger partial charge in [-0.15, -0.1) is 0 Å². The molecule has 0 fully saturated rings. The molecule has 1 aromatic heterocycles. The predicted octanol–water partition coefficient (Wildman–Crippen LogP) is 1.20. The molecule has 116 valence electrons. The summed E-state index contributed by atoms with van der Waals surface area (Å²) in [5, 5.41) is 3.05. The van der Waals surface area contributed by atoms with Gasteiger partial charge >= 0.3 is 0 Å². The lowest BCUT2D eigenvalue weighted by Gasteiger charge is -2.07. The summed E-state index contributed by atoms with van der Waals surface area (Å²) in [6.45, 7) is 4.74. The Bertz CT molecular complexity index is 329. The molecule has 0 unspecified atom stereocenters. The third-order valence-corrected chi connectivity index (χ3v) is 2.61. The second-order valence-electron chi connectivity index (χ2n) is 4.17. The van der Waals surface area contributed by atoms with Crippen LogP contribution in [0.25, 0.3) is 0 Å². The Balaban J connectivity index is 1.93. The van der Waals surface area contributed by atoms with Gasteiger partial charge < -0.3 is 28.7 Å². The van der Waals surface area contributed by atoms with E-state index in [-0.39, 0.29) is 0 Å². The van der Waals surface area contributed by atoms with Crippen molar-refractivity contribution in [1.29, 1.82) is 0 Å². The number of hydrogen-bond acceptors (Lipinski definition) is 6. The number of hydrogen-bond donors (Lipinski definition) is 1. The predicted molar refractivity (Wildman–Crippen MR) is 74.6 cm³/mol. The second kappa shape index (κ2) is 11.9. The van der Waals surface area contributed by atoms with E-state index in [0.717, 1.165) is 11.3 Å². The fraction of sp³-hybridized carbons (Fsp3) is 0.714. The average Bonchev–Trinajstić information content (AvgIpc) is 2.89. The highest BCUT2D eigenvalue weighted by Gasteiger charge is 2.04. The molecular formula is C14H25NO5. The molecule has 0 aliphatic rings. The molecule has 6 heteroatoms. The molecular weight excluding hydrogens is 262 g/mol. The zero-order chi connectivity index (χ0) is 14.5. The van der Waals surface area contributed by atoms with Crippen molar-refractivity contribution >= 4 is 0 Å². The van der Waals surface area contributed by atoms with Gasteiger partial charge in [-0.25, -0.2) is 0 Å². The Labute approximate surface area is 120 Å². The first-order chi connectivity index (χ1) is 9.88. The van der Waals surface area contributed by atoms with Crippen LogP contribution in [-0.2, 0) is 32.1 Å². The van der Waals surface area contributed by atoms with Crippen LogP contribution in [0.15, 0.2) is 16.7 Å². The van der Waals surface area contributed by atoms with Gasteiger partial charge in [-0.2, -0.15) is 0 Å². The Morgan fingerprint density at radius 1 is 1.00 bits per heavy atom. The van der Waals surface area contributed by atoms with Gasteiger partial charge in [0.2, 0.25) is 0 Å². The topological polar surface area (TPSA) is 62.1 Å². The van der Waals surface area contributed by atoms with Gasteiger partial charge in [-0.1, -0.05) is 0 Å². The van der Waals surface area contributed by atoms with E-state index in [1.807, 2.05) is 13.1 Å². The van der Waals surface area contributed by atoms with E-state index in [2.05, 4.69) is 5.32 Å². The molecule has 0 atom stereocenters.